The largest absolute Gasteiger partial charge is 0.325 e. The minimum atomic E-state index is -0.913. The van der Waals surface area contributed by atoms with Crippen molar-refractivity contribution in [1.29, 1.82) is 0 Å². The Kier molecular flexibility index (Phi) is 6.99. The van der Waals surface area contributed by atoms with E-state index in [0.29, 0.717) is 12.1 Å². The van der Waals surface area contributed by atoms with Gasteiger partial charge in [0.25, 0.3) is 5.91 Å². The molecular weight excluding hydrogens is 342 g/mol. The smallest absolute Gasteiger partial charge is 0.324 e. The number of hydrogen-bond acceptors (Lipinski definition) is 3. The highest BCUT2D eigenvalue weighted by atomic mass is 16.2. The minimum absolute atomic E-state index is 0.274. The van der Waals surface area contributed by atoms with Gasteiger partial charge in [-0.3, -0.25) is 14.5 Å². The van der Waals surface area contributed by atoms with Gasteiger partial charge in [0.05, 0.1) is 0 Å². The zero-order chi connectivity index (χ0) is 20.0. The second kappa shape index (κ2) is 9.02. The molecule has 1 aliphatic rings. The van der Waals surface area contributed by atoms with Gasteiger partial charge in [0.15, 0.2) is 0 Å². The zero-order valence-corrected chi connectivity index (χ0v) is 16.9. The fourth-order valence-electron chi connectivity index (χ4n) is 3.43. The van der Waals surface area contributed by atoms with Gasteiger partial charge in [-0.1, -0.05) is 56.7 Å². The summed E-state index contributed by atoms with van der Waals surface area (Å²) in [5, 5.41) is 5.55. The van der Waals surface area contributed by atoms with E-state index in [-0.39, 0.29) is 18.4 Å². The van der Waals surface area contributed by atoms with E-state index in [1.165, 1.54) is 6.42 Å². The number of imide groups is 1. The number of anilines is 1. The molecule has 1 aromatic carbocycles. The van der Waals surface area contributed by atoms with E-state index in [4.69, 9.17) is 0 Å². The van der Waals surface area contributed by atoms with Gasteiger partial charge < -0.3 is 10.6 Å². The Morgan fingerprint density at radius 2 is 1.85 bits per heavy atom. The van der Waals surface area contributed by atoms with Gasteiger partial charge in [0.2, 0.25) is 5.91 Å². The number of amides is 4. The lowest BCUT2D eigenvalue weighted by molar-refractivity contribution is -0.133. The summed E-state index contributed by atoms with van der Waals surface area (Å²) in [6, 6.07) is 5.21. The number of nitrogens with zero attached hydrogens (tertiary/aromatic N) is 1. The SMILES string of the molecule is CCCCCCC[C@]1(C)NC(=O)N(CC(=O)Nc2ccc(C)cc2C)C1=O. The van der Waals surface area contributed by atoms with E-state index in [1.54, 1.807) is 6.92 Å². The second-order valence-electron chi connectivity index (χ2n) is 7.68. The molecule has 0 saturated carbocycles. The van der Waals surface area contributed by atoms with Crippen LogP contribution in [0.25, 0.3) is 0 Å². The third-order valence-electron chi connectivity index (χ3n) is 5.08. The molecule has 1 fully saturated rings. The van der Waals surface area contributed by atoms with Crippen molar-refractivity contribution in [2.75, 3.05) is 11.9 Å². The molecule has 1 aromatic rings. The lowest BCUT2D eigenvalue weighted by Gasteiger charge is -2.21. The summed E-state index contributed by atoms with van der Waals surface area (Å²) in [6.07, 6.45) is 6.00. The molecule has 1 atom stereocenters. The van der Waals surface area contributed by atoms with Gasteiger partial charge in [-0.05, 0) is 38.8 Å². The van der Waals surface area contributed by atoms with Crippen LogP contribution in [0.1, 0.15) is 63.5 Å². The molecule has 2 rings (SSSR count). The first-order valence-corrected chi connectivity index (χ1v) is 9.78. The van der Waals surface area contributed by atoms with Crippen molar-refractivity contribution in [1.82, 2.24) is 10.2 Å². The molecule has 0 bridgehead atoms. The highest BCUT2D eigenvalue weighted by molar-refractivity contribution is 6.09. The lowest BCUT2D eigenvalue weighted by atomic mass is 9.94. The highest BCUT2D eigenvalue weighted by Gasteiger charge is 2.47. The zero-order valence-electron chi connectivity index (χ0n) is 16.9. The number of benzene rings is 1. The van der Waals surface area contributed by atoms with E-state index in [9.17, 15) is 14.4 Å². The minimum Gasteiger partial charge on any atom is -0.324 e. The normalized spacial score (nSPS) is 19.3. The van der Waals surface area contributed by atoms with Crippen LogP contribution in [0.15, 0.2) is 18.2 Å². The van der Waals surface area contributed by atoms with Crippen molar-refractivity contribution >= 4 is 23.5 Å². The van der Waals surface area contributed by atoms with Gasteiger partial charge in [-0.25, -0.2) is 4.79 Å². The van der Waals surface area contributed by atoms with Crippen LogP contribution in [0, 0.1) is 13.8 Å². The Morgan fingerprint density at radius 3 is 2.52 bits per heavy atom. The van der Waals surface area contributed by atoms with Crippen LogP contribution in [-0.2, 0) is 9.59 Å². The first-order chi connectivity index (χ1) is 12.8. The average molecular weight is 373 g/mol. The van der Waals surface area contributed by atoms with Gasteiger partial charge in [0, 0.05) is 5.69 Å². The van der Waals surface area contributed by atoms with E-state index in [1.807, 2.05) is 32.0 Å². The second-order valence-corrected chi connectivity index (χ2v) is 7.68. The number of rotatable bonds is 9. The summed E-state index contributed by atoms with van der Waals surface area (Å²) in [6.45, 7) is 7.52. The van der Waals surface area contributed by atoms with Crippen LogP contribution in [0.2, 0.25) is 0 Å². The van der Waals surface area contributed by atoms with Crippen LogP contribution < -0.4 is 10.6 Å². The predicted molar refractivity (Wildman–Crippen MR) is 107 cm³/mol. The maximum absolute atomic E-state index is 12.7. The van der Waals surface area contributed by atoms with Crippen molar-refractivity contribution in [3.63, 3.8) is 0 Å². The molecule has 4 amide bonds. The van der Waals surface area contributed by atoms with Crippen LogP contribution in [0.5, 0.6) is 0 Å². The number of carbonyl (C=O) groups excluding carboxylic acids is 3. The van der Waals surface area contributed by atoms with Crippen molar-refractivity contribution in [2.24, 2.45) is 0 Å². The monoisotopic (exact) mass is 373 g/mol. The molecule has 0 spiro atoms. The standard InChI is InChI=1S/C21H31N3O3/c1-5-6-7-8-9-12-21(4)19(26)24(20(27)23-21)14-18(25)22-17-11-10-15(2)13-16(17)3/h10-11,13H,5-9,12,14H2,1-4H3,(H,22,25)(H,23,27)/t21-/m0/s1. The van der Waals surface area contributed by atoms with Crippen molar-refractivity contribution in [2.45, 2.75) is 71.8 Å². The topological polar surface area (TPSA) is 78.5 Å². The quantitative estimate of drug-likeness (QED) is 0.509. The van der Waals surface area contributed by atoms with Crippen molar-refractivity contribution < 1.29 is 14.4 Å². The first kappa shape index (κ1) is 20.9. The molecule has 1 saturated heterocycles. The molecule has 0 aromatic heterocycles. The number of aryl methyl sites for hydroxylation is 2. The predicted octanol–water partition coefficient (Wildman–Crippen LogP) is 3.91. The first-order valence-electron chi connectivity index (χ1n) is 9.78. The molecule has 0 unspecified atom stereocenters. The number of carbonyl (C=O) groups is 3. The van der Waals surface area contributed by atoms with Crippen LogP contribution >= 0.6 is 0 Å². The summed E-state index contributed by atoms with van der Waals surface area (Å²) in [4.78, 5) is 38.3. The third-order valence-corrected chi connectivity index (χ3v) is 5.08. The maximum atomic E-state index is 12.7. The number of urea groups is 1. The molecule has 0 radical (unpaired) electrons. The number of hydrogen-bond donors (Lipinski definition) is 2. The van der Waals surface area contributed by atoms with Gasteiger partial charge in [-0.2, -0.15) is 0 Å². The Balaban J connectivity index is 1.93. The van der Waals surface area contributed by atoms with Gasteiger partial charge in [0.1, 0.15) is 12.1 Å². The molecule has 2 N–H and O–H groups in total. The molecule has 1 heterocycles. The van der Waals surface area contributed by atoms with Crippen LogP contribution in [-0.4, -0.2) is 34.8 Å². The van der Waals surface area contributed by atoms with Gasteiger partial charge >= 0.3 is 6.03 Å². The average Bonchev–Trinajstić information content (AvgIpc) is 2.81. The molecule has 148 valence electrons. The molecular formula is C21H31N3O3. The van der Waals surface area contributed by atoms with Crippen LogP contribution in [0.3, 0.4) is 0 Å². The fraction of sp³-hybridized carbons (Fsp3) is 0.571. The van der Waals surface area contributed by atoms with Crippen molar-refractivity contribution in [3.8, 4) is 0 Å². The number of unbranched alkanes of at least 4 members (excludes halogenated alkanes) is 4. The fourth-order valence-corrected chi connectivity index (χ4v) is 3.43. The van der Waals surface area contributed by atoms with E-state index in [2.05, 4.69) is 17.6 Å². The summed E-state index contributed by atoms with van der Waals surface area (Å²) < 4.78 is 0. The molecule has 1 aliphatic heterocycles. The Hall–Kier alpha value is -2.37. The maximum Gasteiger partial charge on any atom is 0.325 e. The Morgan fingerprint density at radius 1 is 1.15 bits per heavy atom. The lowest BCUT2D eigenvalue weighted by Crippen LogP contribution is -2.44. The number of nitrogens with one attached hydrogen (secondary N) is 2. The molecule has 6 nitrogen and oxygen atoms in total. The summed E-state index contributed by atoms with van der Waals surface area (Å²) in [5.74, 6) is -0.698. The molecule has 0 aliphatic carbocycles. The van der Waals surface area contributed by atoms with Gasteiger partial charge in [-0.15, -0.1) is 0 Å². The molecule has 6 heteroatoms. The third kappa shape index (κ3) is 5.31. The Bertz CT molecular complexity index is 717. The summed E-state index contributed by atoms with van der Waals surface area (Å²) in [5.41, 5.74) is 1.83. The van der Waals surface area contributed by atoms with E-state index in [0.717, 1.165) is 41.7 Å². The molecule has 27 heavy (non-hydrogen) atoms. The van der Waals surface area contributed by atoms with Crippen LogP contribution in [0.4, 0.5) is 10.5 Å². The summed E-state index contributed by atoms with van der Waals surface area (Å²) in [7, 11) is 0. The van der Waals surface area contributed by atoms with E-state index < -0.39 is 11.6 Å². The van der Waals surface area contributed by atoms with Crippen molar-refractivity contribution in [3.05, 3.63) is 29.3 Å². The highest BCUT2D eigenvalue weighted by Crippen LogP contribution is 2.24. The Labute approximate surface area is 161 Å². The van der Waals surface area contributed by atoms with E-state index >= 15 is 0 Å². The summed E-state index contributed by atoms with van der Waals surface area (Å²) >= 11 is 0.